The number of carbonyl (C=O) groups excluding carboxylic acids is 1. The van der Waals surface area contributed by atoms with Crippen LogP contribution in [0.25, 0.3) is 0 Å². The summed E-state index contributed by atoms with van der Waals surface area (Å²) in [7, 11) is 0. The van der Waals surface area contributed by atoms with Crippen molar-refractivity contribution in [1.82, 2.24) is 5.32 Å². The van der Waals surface area contributed by atoms with Gasteiger partial charge in [0.1, 0.15) is 0 Å². The molecule has 1 amide bonds. The smallest absolute Gasteiger partial charge is 0.227 e. The molecule has 0 atom stereocenters. The van der Waals surface area contributed by atoms with Crippen molar-refractivity contribution >= 4 is 34.6 Å². The van der Waals surface area contributed by atoms with E-state index in [9.17, 15) is 4.79 Å². The molecular formula is C20H23N3OS. The van der Waals surface area contributed by atoms with Crippen LogP contribution >= 0.6 is 12.2 Å². The van der Waals surface area contributed by atoms with Gasteiger partial charge in [0.15, 0.2) is 5.11 Å². The SMILES string of the molecule is Cc1cccc(NC(=S)NCc2ccc(N3CCCC3=O)cc2)c1C. The maximum atomic E-state index is 11.8. The zero-order valence-electron chi connectivity index (χ0n) is 14.6. The quantitative estimate of drug-likeness (QED) is 0.818. The van der Waals surface area contributed by atoms with Gasteiger partial charge in [-0.2, -0.15) is 0 Å². The van der Waals surface area contributed by atoms with Gasteiger partial charge in [0.05, 0.1) is 0 Å². The van der Waals surface area contributed by atoms with Crippen LogP contribution in [0.5, 0.6) is 0 Å². The van der Waals surface area contributed by atoms with E-state index in [1.807, 2.05) is 41.3 Å². The van der Waals surface area contributed by atoms with Crippen molar-refractivity contribution in [3.05, 3.63) is 59.2 Å². The first-order valence-corrected chi connectivity index (χ1v) is 8.96. The lowest BCUT2D eigenvalue weighted by atomic mass is 10.1. The molecular weight excluding hydrogens is 330 g/mol. The molecule has 130 valence electrons. The van der Waals surface area contributed by atoms with E-state index in [1.54, 1.807) is 0 Å². The van der Waals surface area contributed by atoms with Gasteiger partial charge in [0, 0.05) is 30.9 Å². The van der Waals surface area contributed by atoms with Gasteiger partial charge in [-0.3, -0.25) is 4.79 Å². The number of hydrogen-bond donors (Lipinski definition) is 2. The third kappa shape index (κ3) is 4.17. The molecule has 0 saturated carbocycles. The number of aryl methyl sites for hydroxylation is 1. The Balaban J connectivity index is 1.55. The molecule has 0 radical (unpaired) electrons. The Kier molecular flexibility index (Phi) is 5.34. The van der Waals surface area contributed by atoms with Gasteiger partial charge < -0.3 is 15.5 Å². The third-order valence-corrected chi connectivity index (χ3v) is 4.87. The van der Waals surface area contributed by atoms with Crippen LogP contribution in [-0.2, 0) is 11.3 Å². The van der Waals surface area contributed by atoms with Crippen LogP contribution in [0.4, 0.5) is 11.4 Å². The number of nitrogens with one attached hydrogen (secondary N) is 2. The van der Waals surface area contributed by atoms with Gasteiger partial charge in [-0.1, -0.05) is 24.3 Å². The summed E-state index contributed by atoms with van der Waals surface area (Å²) >= 11 is 5.39. The Labute approximate surface area is 154 Å². The molecule has 2 aromatic carbocycles. The Morgan fingerprint density at radius 3 is 2.60 bits per heavy atom. The lowest BCUT2D eigenvalue weighted by Crippen LogP contribution is -2.28. The molecule has 0 bridgehead atoms. The topological polar surface area (TPSA) is 44.4 Å². The van der Waals surface area contributed by atoms with Gasteiger partial charge in [0.2, 0.25) is 5.91 Å². The van der Waals surface area contributed by atoms with Crippen LogP contribution < -0.4 is 15.5 Å². The summed E-state index contributed by atoms with van der Waals surface area (Å²) in [4.78, 5) is 13.6. The molecule has 1 fully saturated rings. The Morgan fingerprint density at radius 1 is 1.16 bits per heavy atom. The molecule has 2 N–H and O–H groups in total. The minimum Gasteiger partial charge on any atom is -0.358 e. The normalized spacial score (nSPS) is 13.8. The number of thiocarbonyl (C=S) groups is 1. The van der Waals surface area contributed by atoms with Crippen molar-refractivity contribution < 1.29 is 4.79 Å². The van der Waals surface area contributed by atoms with E-state index in [0.717, 1.165) is 29.9 Å². The highest BCUT2D eigenvalue weighted by Gasteiger charge is 2.21. The van der Waals surface area contributed by atoms with Crippen molar-refractivity contribution in [2.45, 2.75) is 33.2 Å². The molecule has 1 heterocycles. The van der Waals surface area contributed by atoms with E-state index in [-0.39, 0.29) is 5.91 Å². The maximum Gasteiger partial charge on any atom is 0.227 e. The molecule has 0 spiro atoms. The first kappa shape index (κ1) is 17.4. The zero-order valence-corrected chi connectivity index (χ0v) is 15.5. The number of carbonyl (C=O) groups is 1. The van der Waals surface area contributed by atoms with Gasteiger partial charge >= 0.3 is 0 Å². The fourth-order valence-electron chi connectivity index (χ4n) is 2.95. The van der Waals surface area contributed by atoms with Crippen molar-refractivity contribution in [3.63, 3.8) is 0 Å². The summed E-state index contributed by atoms with van der Waals surface area (Å²) in [5.41, 5.74) is 5.56. The molecule has 0 aliphatic carbocycles. The lowest BCUT2D eigenvalue weighted by Gasteiger charge is -2.16. The second kappa shape index (κ2) is 7.66. The second-order valence-corrected chi connectivity index (χ2v) is 6.78. The fourth-order valence-corrected chi connectivity index (χ4v) is 3.13. The van der Waals surface area contributed by atoms with Gasteiger partial charge in [0.25, 0.3) is 0 Å². The predicted octanol–water partition coefficient (Wildman–Crippen LogP) is 3.92. The monoisotopic (exact) mass is 353 g/mol. The molecule has 0 aromatic heterocycles. The summed E-state index contributed by atoms with van der Waals surface area (Å²) < 4.78 is 0. The summed E-state index contributed by atoms with van der Waals surface area (Å²) in [5.74, 6) is 0.213. The number of anilines is 2. The molecule has 2 aromatic rings. The molecule has 1 aliphatic rings. The molecule has 0 unspecified atom stereocenters. The van der Waals surface area contributed by atoms with E-state index in [2.05, 4.69) is 30.5 Å². The number of amides is 1. The zero-order chi connectivity index (χ0) is 17.8. The van der Waals surface area contributed by atoms with E-state index in [0.29, 0.717) is 18.1 Å². The third-order valence-electron chi connectivity index (χ3n) is 4.63. The van der Waals surface area contributed by atoms with Gasteiger partial charge in [-0.15, -0.1) is 0 Å². The number of nitrogens with zero attached hydrogens (tertiary/aromatic N) is 1. The predicted molar refractivity (Wildman–Crippen MR) is 107 cm³/mol. The molecule has 1 saturated heterocycles. The molecule has 25 heavy (non-hydrogen) atoms. The van der Waals surface area contributed by atoms with Crippen LogP contribution in [0, 0.1) is 13.8 Å². The van der Waals surface area contributed by atoms with E-state index < -0.39 is 0 Å². The molecule has 3 rings (SSSR count). The second-order valence-electron chi connectivity index (χ2n) is 6.37. The van der Waals surface area contributed by atoms with Crippen LogP contribution in [0.2, 0.25) is 0 Å². The fraction of sp³-hybridized carbons (Fsp3) is 0.300. The Morgan fingerprint density at radius 2 is 1.92 bits per heavy atom. The minimum absolute atomic E-state index is 0.213. The standard InChI is InChI=1S/C20H23N3OS/c1-14-5-3-6-18(15(14)2)22-20(25)21-13-16-8-10-17(11-9-16)23-12-4-7-19(23)24/h3,5-6,8-11H,4,7,12-13H2,1-2H3,(H2,21,22,25). The average Bonchev–Trinajstić information content (AvgIpc) is 3.04. The van der Waals surface area contributed by atoms with Crippen molar-refractivity contribution in [2.75, 3.05) is 16.8 Å². The highest BCUT2D eigenvalue weighted by molar-refractivity contribution is 7.80. The highest BCUT2D eigenvalue weighted by atomic mass is 32.1. The van der Waals surface area contributed by atoms with Crippen LogP contribution in [0.1, 0.15) is 29.5 Å². The van der Waals surface area contributed by atoms with Crippen molar-refractivity contribution in [2.24, 2.45) is 0 Å². The summed E-state index contributed by atoms with van der Waals surface area (Å²) in [6.07, 6.45) is 1.60. The van der Waals surface area contributed by atoms with Crippen LogP contribution in [0.3, 0.4) is 0 Å². The summed E-state index contributed by atoms with van der Waals surface area (Å²) in [6.45, 7) is 5.63. The van der Waals surface area contributed by atoms with E-state index in [4.69, 9.17) is 12.2 Å². The first-order valence-electron chi connectivity index (χ1n) is 8.55. The van der Waals surface area contributed by atoms with Crippen molar-refractivity contribution in [1.29, 1.82) is 0 Å². The highest BCUT2D eigenvalue weighted by Crippen LogP contribution is 2.21. The summed E-state index contributed by atoms with van der Waals surface area (Å²) in [5, 5.41) is 7.09. The number of benzene rings is 2. The molecule has 4 nitrogen and oxygen atoms in total. The Hall–Kier alpha value is -2.40. The van der Waals surface area contributed by atoms with E-state index in [1.165, 1.54) is 11.1 Å². The largest absolute Gasteiger partial charge is 0.358 e. The molecule has 1 aliphatic heterocycles. The number of hydrogen-bond acceptors (Lipinski definition) is 2. The summed E-state index contributed by atoms with van der Waals surface area (Å²) in [6, 6.07) is 14.2. The van der Waals surface area contributed by atoms with Crippen molar-refractivity contribution in [3.8, 4) is 0 Å². The minimum atomic E-state index is 0.213. The van der Waals surface area contributed by atoms with Gasteiger partial charge in [-0.05, 0) is 67.4 Å². The molecule has 5 heteroatoms. The lowest BCUT2D eigenvalue weighted by molar-refractivity contribution is -0.117. The Bertz CT molecular complexity index is 786. The maximum absolute atomic E-state index is 11.8. The van der Waals surface area contributed by atoms with Crippen LogP contribution in [-0.4, -0.2) is 17.6 Å². The van der Waals surface area contributed by atoms with E-state index >= 15 is 0 Å². The average molecular weight is 353 g/mol. The number of rotatable bonds is 4. The van der Waals surface area contributed by atoms with Crippen LogP contribution in [0.15, 0.2) is 42.5 Å². The van der Waals surface area contributed by atoms with Gasteiger partial charge in [-0.25, -0.2) is 0 Å². The first-order chi connectivity index (χ1) is 12.0.